The van der Waals surface area contributed by atoms with E-state index in [1.807, 2.05) is 0 Å². The molecule has 0 aromatic carbocycles. The Morgan fingerprint density at radius 2 is 1.14 bits per heavy atom. The molecule has 0 heterocycles. The van der Waals surface area contributed by atoms with Crippen LogP contribution in [-0.2, 0) is 41.1 Å². The number of rotatable bonds is 0. The van der Waals surface area contributed by atoms with Crippen LogP contribution in [0.1, 0.15) is 0 Å². The Hall–Kier alpha value is 1.25. The van der Waals surface area contributed by atoms with E-state index in [1.165, 1.54) is 0 Å². The summed E-state index contributed by atoms with van der Waals surface area (Å²) in [5, 5.41) is 0. The fourth-order valence-corrected chi connectivity index (χ4v) is 0. The van der Waals surface area contributed by atoms with Crippen molar-refractivity contribution in [1.29, 1.82) is 0 Å². The minimum Gasteiger partial charge on any atom is -0.303 e. The van der Waals surface area contributed by atoms with E-state index in [4.69, 9.17) is 19.2 Å². The average Bonchev–Trinajstić information content (AvgIpc) is 0.722. The zero-order valence-corrected chi connectivity index (χ0v) is 8.01. The molecule has 0 saturated carbocycles. The van der Waals surface area contributed by atoms with Crippen LogP contribution in [0.25, 0.3) is 0 Å². The Balaban J connectivity index is -0.0000000800. The van der Waals surface area contributed by atoms with Gasteiger partial charge in [-0.05, 0) is 0 Å². The first-order valence-corrected chi connectivity index (χ1v) is 2.35. The van der Waals surface area contributed by atoms with E-state index in [1.54, 1.807) is 0 Å². The van der Waals surface area contributed by atoms with E-state index in [-0.39, 0.29) is 36.5 Å². The van der Waals surface area contributed by atoms with Gasteiger partial charge in [-0.15, -0.1) is 0 Å². The van der Waals surface area contributed by atoms with Crippen molar-refractivity contribution in [3.8, 4) is 0 Å². The molecule has 0 unspecified atom stereocenters. The predicted octanol–water partition coefficient (Wildman–Crippen LogP) is -0.934. The first-order chi connectivity index (χ1) is 2.00. The molecule has 0 aliphatic heterocycles. The van der Waals surface area contributed by atoms with Gasteiger partial charge in [-0.25, -0.2) is 4.57 Å². The zero-order chi connectivity index (χ0) is 4.50. The summed E-state index contributed by atoms with van der Waals surface area (Å²) in [6, 6.07) is 0. The van der Waals surface area contributed by atoms with Crippen molar-refractivity contribution in [2.24, 2.45) is 0 Å². The van der Waals surface area contributed by atoms with Crippen molar-refractivity contribution < 1.29 is 55.8 Å². The maximum Gasteiger partial charge on any atom is 0.466 e. The fourth-order valence-electron chi connectivity index (χ4n) is 0. The number of hydrogen-bond donors (Lipinski definition) is 3. The molecule has 0 aliphatic carbocycles. The van der Waals surface area contributed by atoms with Gasteiger partial charge in [0.1, 0.15) is 0 Å². The van der Waals surface area contributed by atoms with Crippen LogP contribution in [0.2, 0.25) is 0 Å². The first kappa shape index (κ1) is 15.7. The SMILES string of the molecule is O=P(O)(O)O.[Cu].[Zn]. The summed E-state index contributed by atoms with van der Waals surface area (Å²) >= 11 is 0. The molecule has 3 N–H and O–H groups in total. The molecule has 0 amide bonds. The van der Waals surface area contributed by atoms with Gasteiger partial charge < -0.3 is 14.7 Å². The standard InChI is InChI=1S/Cu.H3O4P.Zn/c;1-5(2,3)4;/h;(H3,1,2,3,4);. The van der Waals surface area contributed by atoms with Gasteiger partial charge in [0.25, 0.3) is 0 Å². The van der Waals surface area contributed by atoms with E-state index in [9.17, 15) is 0 Å². The molecule has 0 rings (SSSR count). The van der Waals surface area contributed by atoms with E-state index in [0.717, 1.165) is 0 Å². The second-order valence-corrected chi connectivity index (χ2v) is 1.54. The molecular formula is H3CuO4PZn. The van der Waals surface area contributed by atoms with Crippen LogP contribution in [0.15, 0.2) is 0 Å². The number of hydrogen-bond acceptors (Lipinski definition) is 1. The topological polar surface area (TPSA) is 77.8 Å². The summed E-state index contributed by atoms with van der Waals surface area (Å²) in [5.41, 5.74) is 0. The van der Waals surface area contributed by atoms with Crippen LogP contribution in [0.4, 0.5) is 0 Å². The van der Waals surface area contributed by atoms with Gasteiger partial charge in [0.15, 0.2) is 0 Å². The molecule has 0 bridgehead atoms. The molecular weight excluding hydrogens is 224 g/mol. The third kappa shape index (κ3) is 127. The van der Waals surface area contributed by atoms with Crippen molar-refractivity contribution in [3.05, 3.63) is 0 Å². The summed E-state index contributed by atoms with van der Waals surface area (Å²) in [6.07, 6.45) is 0. The smallest absolute Gasteiger partial charge is 0.303 e. The summed E-state index contributed by atoms with van der Waals surface area (Å²) < 4.78 is 8.88. The van der Waals surface area contributed by atoms with Crippen LogP contribution < -0.4 is 0 Å². The van der Waals surface area contributed by atoms with Crippen molar-refractivity contribution in [2.45, 2.75) is 0 Å². The van der Waals surface area contributed by atoms with Gasteiger partial charge in [0, 0.05) is 36.5 Å². The third-order valence-electron chi connectivity index (χ3n) is 0. The molecule has 0 atom stereocenters. The van der Waals surface area contributed by atoms with Crippen molar-refractivity contribution in [3.63, 3.8) is 0 Å². The maximum absolute atomic E-state index is 8.88. The van der Waals surface area contributed by atoms with Crippen molar-refractivity contribution in [1.82, 2.24) is 0 Å². The molecule has 45 valence electrons. The summed E-state index contributed by atoms with van der Waals surface area (Å²) in [4.78, 5) is 21.6. The van der Waals surface area contributed by atoms with Gasteiger partial charge in [0.05, 0.1) is 0 Å². The van der Waals surface area contributed by atoms with Crippen LogP contribution in [0.5, 0.6) is 0 Å². The fraction of sp³-hybridized carbons (Fsp3) is 0. The first-order valence-electron chi connectivity index (χ1n) is 0.783. The molecule has 0 aromatic rings. The Bertz CT molecular complexity index is 57.8. The van der Waals surface area contributed by atoms with Gasteiger partial charge >= 0.3 is 7.82 Å². The summed E-state index contributed by atoms with van der Waals surface area (Å²) in [5.74, 6) is 0. The quantitative estimate of drug-likeness (QED) is 0.369. The Kier molecular flexibility index (Phi) is 12.1. The van der Waals surface area contributed by atoms with Gasteiger partial charge in [-0.2, -0.15) is 0 Å². The minimum atomic E-state index is -4.64. The molecule has 1 radical (unpaired) electrons. The van der Waals surface area contributed by atoms with Gasteiger partial charge in [-0.3, -0.25) is 0 Å². The van der Waals surface area contributed by atoms with Crippen LogP contribution in [0.3, 0.4) is 0 Å². The second-order valence-electron chi connectivity index (χ2n) is 0.513. The number of phosphoric acid groups is 1. The molecule has 4 nitrogen and oxygen atoms in total. The Labute approximate surface area is 63.8 Å². The summed E-state index contributed by atoms with van der Waals surface area (Å²) in [6.45, 7) is 0. The molecule has 7 heavy (non-hydrogen) atoms. The van der Waals surface area contributed by atoms with Crippen LogP contribution in [0, 0.1) is 0 Å². The van der Waals surface area contributed by atoms with Gasteiger partial charge in [0.2, 0.25) is 0 Å². The average molecular weight is 227 g/mol. The maximum atomic E-state index is 8.88. The zero-order valence-electron chi connectivity index (χ0n) is 3.21. The minimum absolute atomic E-state index is 0. The molecule has 7 heteroatoms. The molecule has 0 fully saturated rings. The Morgan fingerprint density at radius 3 is 1.14 bits per heavy atom. The van der Waals surface area contributed by atoms with Crippen molar-refractivity contribution >= 4 is 7.82 Å². The molecule has 0 spiro atoms. The van der Waals surface area contributed by atoms with Crippen molar-refractivity contribution in [2.75, 3.05) is 0 Å². The molecule has 0 saturated heterocycles. The van der Waals surface area contributed by atoms with Gasteiger partial charge in [-0.1, -0.05) is 0 Å². The van der Waals surface area contributed by atoms with Crippen LogP contribution in [-0.4, -0.2) is 14.7 Å². The van der Waals surface area contributed by atoms with Crippen LogP contribution >= 0.6 is 7.82 Å². The second kappa shape index (κ2) is 5.39. The normalized spacial score (nSPS) is 8.43. The monoisotopic (exact) mass is 225 g/mol. The Morgan fingerprint density at radius 1 is 1.14 bits per heavy atom. The van der Waals surface area contributed by atoms with E-state index >= 15 is 0 Å². The molecule has 0 aromatic heterocycles. The van der Waals surface area contributed by atoms with E-state index in [2.05, 4.69) is 0 Å². The van der Waals surface area contributed by atoms with E-state index in [0.29, 0.717) is 0 Å². The largest absolute Gasteiger partial charge is 0.466 e. The molecule has 0 aliphatic rings. The van der Waals surface area contributed by atoms with E-state index < -0.39 is 7.82 Å². The third-order valence-corrected chi connectivity index (χ3v) is 0. The predicted molar refractivity (Wildman–Crippen MR) is 14.3 cm³/mol. The summed E-state index contributed by atoms with van der Waals surface area (Å²) in [7, 11) is -4.64.